The summed E-state index contributed by atoms with van der Waals surface area (Å²) in [6, 6.07) is 11.2. The van der Waals surface area contributed by atoms with Crippen molar-refractivity contribution in [3.63, 3.8) is 0 Å². The van der Waals surface area contributed by atoms with Gasteiger partial charge in [0.25, 0.3) is 5.91 Å². The van der Waals surface area contributed by atoms with Gasteiger partial charge in [0.15, 0.2) is 0 Å². The normalized spacial score (nSPS) is 15.7. The van der Waals surface area contributed by atoms with E-state index in [4.69, 9.17) is 33.0 Å². The maximum Gasteiger partial charge on any atom is 0.337 e. The summed E-state index contributed by atoms with van der Waals surface area (Å²) in [4.78, 5) is 47.4. The van der Waals surface area contributed by atoms with Crippen molar-refractivity contribution in [1.29, 1.82) is 0 Å². The summed E-state index contributed by atoms with van der Waals surface area (Å²) in [6.45, 7) is 12.7. The van der Waals surface area contributed by atoms with Crippen molar-refractivity contribution in [3.05, 3.63) is 92.0 Å². The number of carbonyl (C=O) groups excluding carboxylic acids is 2. The van der Waals surface area contributed by atoms with Crippen LogP contribution in [0.2, 0.25) is 10.0 Å². The molecule has 0 bridgehead atoms. The van der Waals surface area contributed by atoms with Gasteiger partial charge in [-0.1, -0.05) is 29.3 Å². The van der Waals surface area contributed by atoms with E-state index < -0.39 is 5.97 Å². The third-order valence-electron chi connectivity index (χ3n) is 12.4. The number of halogens is 2. The molecule has 3 aromatic carbocycles. The minimum atomic E-state index is -1.09. The zero-order valence-electron chi connectivity index (χ0n) is 35.4. The van der Waals surface area contributed by atoms with Crippen LogP contribution in [0.5, 0.6) is 5.75 Å². The molecule has 14 heteroatoms. The molecule has 0 aliphatic carbocycles. The Kier molecular flexibility index (Phi) is 11.0. The van der Waals surface area contributed by atoms with Crippen LogP contribution in [0.1, 0.15) is 81.2 Å². The Morgan fingerprint density at radius 3 is 2.32 bits per heavy atom. The van der Waals surface area contributed by atoms with Crippen LogP contribution in [-0.2, 0) is 25.3 Å². The summed E-state index contributed by atoms with van der Waals surface area (Å²) in [5.74, 6) is -0.686. The fourth-order valence-corrected chi connectivity index (χ4v) is 9.75. The van der Waals surface area contributed by atoms with Gasteiger partial charge in [0.1, 0.15) is 11.4 Å². The number of aromatic nitrogens is 4. The third-order valence-corrected chi connectivity index (χ3v) is 13.4. The number of benzene rings is 3. The molecule has 1 fully saturated rings. The number of likely N-dealkylation sites (N-methyl/N-ethyl adjacent to an activating group) is 1. The van der Waals surface area contributed by atoms with E-state index in [0.717, 1.165) is 86.8 Å². The van der Waals surface area contributed by atoms with Crippen LogP contribution in [-0.4, -0.2) is 86.5 Å². The van der Waals surface area contributed by atoms with E-state index in [1.807, 2.05) is 69.8 Å². The number of anilines is 2. The van der Waals surface area contributed by atoms with Gasteiger partial charge in [0, 0.05) is 78.2 Å². The molecule has 60 heavy (non-hydrogen) atoms. The highest BCUT2D eigenvalue weighted by atomic mass is 35.5. The lowest BCUT2D eigenvalue weighted by molar-refractivity contribution is -0.119. The lowest BCUT2D eigenvalue weighted by atomic mass is 9.98. The summed E-state index contributed by atoms with van der Waals surface area (Å²) < 4.78 is 12.0. The second-order valence-electron chi connectivity index (χ2n) is 16.5. The molecule has 1 saturated heterocycles. The van der Waals surface area contributed by atoms with E-state index in [-0.39, 0.29) is 36.5 Å². The lowest BCUT2D eigenvalue weighted by Gasteiger charge is -2.35. The average molecular weight is 853 g/mol. The first-order chi connectivity index (χ1) is 28.6. The smallest absolute Gasteiger partial charge is 0.337 e. The van der Waals surface area contributed by atoms with Crippen molar-refractivity contribution in [2.75, 3.05) is 49.6 Å². The van der Waals surface area contributed by atoms with Crippen molar-refractivity contribution in [3.8, 4) is 16.9 Å². The van der Waals surface area contributed by atoms with Crippen molar-refractivity contribution < 1.29 is 24.2 Å². The Bertz CT molecular complexity index is 2720. The van der Waals surface area contributed by atoms with Crippen LogP contribution in [0.25, 0.3) is 32.9 Å². The largest absolute Gasteiger partial charge is 0.494 e. The minimum absolute atomic E-state index is 0.0934. The van der Waals surface area contributed by atoms with E-state index in [9.17, 15) is 14.7 Å². The first kappa shape index (κ1) is 41.4. The maximum atomic E-state index is 15.5. The number of aromatic carboxylic acids is 1. The number of carboxylic acids is 1. The zero-order valence-corrected chi connectivity index (χ0v) is 37.0. The Morgan fingerprint density at radius 2 is 1.67 bits per heavy atom. The van der Waals surface area contributed by atoms with Crippen LogP contribution in [0.4, 0.5) is 11.4 Å². The number of aryl methyl sites for hydroxylation is 6. The standard InChI is InChI=1S/C46H51Cl2N7O5/c1-25-18-31(19-26(2)41(25)48)60-17-11-12-32-33-13-14-36(47)40(39-28(4)49-52(8)29(39)5)43(33)55-27(3)22-54(45(57)44(32)55)37-21-30(51(7)38(56)24-53-15-9-10-16-53)20-34-35(46(58)59)23-50(6)42(34)37/h13-14,18-21,23,27H,9-12,15-17,22,24H2,1-8H3,(H,58,59). The van der Waals surface area contributed by atoms with E-state index >= 15 is 4.79 Å². The number of carboxylic acid groups (broad SMARTS) is 1. The first-order valence-electron chi connectivity index (χ1n) is 20.5. The highest BCUT2D eigenvalue weighted by Crippen LogP contribution is 2.46. The lowest BCUT2D eigenvalue weighted by Crippen LogP contribution is -2.43. The number of hydrogen-bond acceptors (Lipinski definition) is 6. The van der Waals surface area contributed by atoms with Crippen molar-refractivity contribution >= 4 is 74.2 Å². The SMILES string of the molecule is Cc1cc(OCCCc2c3n(c4c(-c5c(C)nn(C)c5C)c(Cl)ccc24)C(C)CN(c2cc(N(C)C(=O)CN4CCCC4)cc4c(C(=O)O)cn(C)c24)C3=O)cc(C)c1Cl. The predicted molar refractivity (Wildman–Crippen MR) is 239 cm³/mol. The molecule has 1 unspecified atom stereocenters. The summed E-state index contributed by atoms with van der Waals surface area (Å²) >= 11 is 13.6. The summed E-state index contributed by atoms with van der Waals surface area (Å²) in [7, 11) is 5.42. The summed E-state index contributed by atoms with van der Waals surface area (Å²) in [6.07, 6.45) is 4.82. The molecule has 314 valence electrons. The van der Waals surface area contributed by atoms with Crippen LogP contribution in [0.3, 0.4) is 0 Å². The monoisotopic (exact) mass is 851 g/mol. The molecule has 12 nitrogen and oxygen atoms in total. The van der Waals surface area contributed by atoms with Gasteiger partial charge >= 0.3 is 5.97 Å². The van der Waals surface area contributed by atoms with Crippen molar-refractivity contribution in [2.45, 2.75) is 66.3 Å². The van der Waals surface area contributed by atoms with Gasteiger partial charge in [-0.15, -0.1) is 0 Å². The Morgan fingerprint density at radius 1 is 0.967 bits per heavy atom. The van der Waals surface area contributed by atoms with Crippen LogP contribution in [0, 0.1) is 27.7 Å². The summed E-state index contributed by atoms with van der Waals surface area (Å²) in [5, 5.41) is 17.7. The van der Waals surface area contributed by atoms with E-state index in [1.165, 1.54) is 0 Å². The van der Waals surface area contributed by atoms with E-state index in [0.29, 0.717) is 52.4 Å². The van der Waals surface area contributed by atoms with Gasteiger partial charge in [-0.05, 0) is 120 Å². The molecule has 1 N–H and O–H groups in total. The molecule has 1 atom stereocenters. The highest BCUT2D eigenvalue weighted by Gasteiger charge is 2.38. The van der Waals surface area contributed by atoms with E-state index in [1.54, 1.807) is 40.7 Å². The quantitative estimate of drug-likeness (QED) is 0.129. The molecular formula is C46H51Cl2N7O5. The van der Waals surface area contributed by atoms with Gasteiger partial charge in [-0.3, -0.25) is 19.2 Å². The second kappa shape index (κ2) is 15.9. The van der Waals surface area contributed by atoms with Crippen LogP contribution < -0.4 is 14.5 Å². The molecule has 3 aromatic heterocycles. The van der Waals surface area contributed by atoms with E-state index in [2.05, 4.69) is 16.4 Å². The van der Waals surface area contributed by atoms with Gasteiger partial charge in [-0.25, -0.2) is 4.79 Å². The number of rotatable bonds is 11. The fraction of sp³-hybridized carbons (Fsp3) is 0.391. The third kappa shape index (κ3) is 7.02. The summed E-state index contributed by atoms with van der Waals surface area (Å²) in [5.41, 5.74) is 9.46. The minimum Gasteiger partial charge on any atom is -0.494 e. The molecule has 2 aliphatic heterocycles. The molecule has 2 amide bonds. The van der Waals surface area contributed by atoms with Gasteiger partial charge < -0.3 is 28.8 Å². The van der Waals surface area contributed by atoms with Gasteiger partial charge in [0.2, 0.25) is 5.91 Å². The number of hydrogen-bond donors (Lipinski definition) is 1. The molecule has 0 radical (unpaired) electrons. The number of fused-ring (bicyclic) bond motifs is 4. The molecule has 8 rings (SSSR count). The van der Waals surface area contributed by atoms with Crippen molar-refractivity contribution in [1.82, 2.24) is 23.8 Å². The second-order valence-corrected chi connectivity index (χ2v) is 17.3. The molecular weight excluding hydrogens is 801 g/mol. The topological polar surface area (TPSA) is 118 Å². The van der Waals surface area contributed by atoms with Crippen molar-refractivity contribution in [2.24, 2.45) is 14.1 Å². The maximum absolute atomic E-state index is 15.5. The molecule has 6 aromatic rings. The Labute approximate surface area is 359 Å². The fourth-order valence-electron chi connectivity index (χ4n) is 9.40. The van der Waals surface area contributed by atoms with Crippen LogP contribution >= 0.6 is 23.2 Å². The molecule has 0 spiro atoms. The predicted octanol–water partition coefficient (Wildman–Crippen LogP) is 9.06. The number of nitrogens with zero attached hydrogens (tertiary/aromatic N) is 7. The molecule has 2 aliphatic rings. The number of ether oxygens (including phenoxy) is 1. The number of carbonyl (C=O) groups is 3. The Balaban J connectivity index is 1.27. The highest BCUT2D eigenvalue weighted by molar-refractivity contribution is 6.35. The average Bonchev–Trinajstić information content (AvgIpc) is 3.98. The Hall–Kier alpha value is -5.30. The van der Waals surface area contributed by atoms with Gasteiger partial charge in [0.05, 0.1) is 46.2 Å². The molecule has 5 heterocycles. The number of amides is 2. The first-order valence-corrected chi connectivity index (χ1v) is 21.2. The van der Waals surface area contributed by atoms with Crippen LogP contribution in [0.15, 0.2) is 42.6 Å². The van der Waals surface area contributed by atoms with Gasteiger partial charge in [-0.2, -0.15) is 5.10 Å². The zero-order chi connectivity index (χ0) is 42.9. The number of likely N-dealkylation sites (tertiary alicyclic amines) is 1. The molecule has 0 saturated carbocycles.